The zero-order valence-corrected chi connectivity index (χ0v) is 15.6. The minimum atomic E-state index is -0.265. The van der Waals surface area contributed by atoms with Crippen molar-refractivity contribution in [2.24, 2.45) is 0 Å². The highest BCUT2D eigenvalue weighted by Gasteiger charge is 2.28. The van der Waals surface area contributed by atoms with E-state index in [4.69, 9.17) is 17.0 Å². The van der Waals surface area contributed by atoms with Gasteiger partial charge in [0.05, 0.1) is 19.3 Å². The maximum absolute atomic E-state index is 13.0. The van der Waals surface area contributed by atoms with E-state index in [1.807, 2.05) is 6.07 Å². The molecule has 1 aliphatic rings. The Kier molecular flexibility index (Phi) is 6.55. The summed E-state index contributed by atoms with van der Waals surface area (Å²) in [6.07, 6.45) is 0. The van der Waals surface area contributed by atoms with E-state index in [0.717, 1.165) is 32.0 Å². The van der Waals surface area contributed by atoms with Crippen molar-refractivity contribution in [3.63, 3.8) is 0 Å². The predicted molar refractivity (Wildman–Crippen MR) is 107 cm³/mol. The third-order valence-corrected chi connectivity index (χ3v) is 4.73. The molecule has 6 heteroatoms. The molecule has 1 fully saturated rings. The van der Waals surface area contributed by atoms with Gasteiger partial charge in [-0.05, 0) is 49.0 Å². The van der Waals surface area contributed by atoms with Gasteiger partial charge in [0, 0.05) is 24.8 Å². The van der Waals surface area contributed by atoms with Gasteiger partial charge in [-0.2, -0.15) is 0 Å². The molecule has 1 aliphatic heterocycles. The van der Waals surface area contributed by atoms with Gasteiger partial charge in [0.25, 0.3) is 0 Å². The molecular formula is C20H24FN3OS. The number of morpholine rings is 1. The van der Waals surface area contributed by atoms with Crippen LogP contribution in [0.15, 0.2) is 54.6 Å². The highest BCUT2D eigenvalue weighted by Crippen LogP contribution is 2.25. The Hall–Kier alpha value is -2.02. The van der Waals surface area contributed by atoms with Crippen molar-refractivity contribution in [2.45, 2.75) is 19.0 Å². The van der Waals surface area contributed by atoms with E-state index in [2.05, 4.69) is 46.7 Å². The van der Waals surface area contributed by atoms with Crippen molar-refractivity contribution >= 4 is 23.0 Å². The normalized spacial score (nSPS) is 17.3. The van der Waals surface area contributed by atoms with Crippen LogP contribution < -0.4 is 10.6 Å². The summed E-state index contributed by atoms with van der Waals surface area (Å²) in [5.41, 5.74) is 2.01. The van der Waals surface area contributed by atoms with Crippen LogP contribution in [0.25, 0.3) is 0 Å². The monoisotopic (exact) mass is 373 g/mol. The van der Waals surface area contributed by atoms with E-state index >= 15 is 0 Å². The molecule has 0 amide bonds. The second-order valence-corrected chi connectivity index (χ2v) is 6.81. The highest BCUT2D eigenvalue weighted by molar-refractivity contribution is 7.80. The number of benzene rings is 2. The molecule has 2 atom stereocenters. The van der Waals surface area contributed by atoms with Crippen molar-refractivity contribution < 1.29 is 9.13 Å². The van der Waals surface area contributed by atoms with Crippen LogP contribution in [0.1, 0.15) is 18.5 Å². The fraction of sp³-hybridized carbons (Fsp3) is 0.350. The quantitative estimate of drug-likeness (QED) is 0.784. The smallest absolute Gasteiger partial charge is 0.171 e. The van der Waals surface area contributed by atoms with Gasteiger partial charge < -0.3 is 15.4 Å². The summed E-state index contributed by atoms with van der Waals surface area (Å²) in [5, 5.41) is 7.03. The molecule has 0 saturated carbocycles. The van der Waals surface area contributed by atoms with Gasteiger partial charge in [0.1, 0.15) is 5.82 Å². The number of nitrogens with one attached hydrogen (secondary N) is 2. The van der Waals surface area contributed by atoms with Gasteiger partial charge in [-0.15, -0.1) is 0 Å². The Labute approximate surface area is 159 Å². The van der Waals surface area contributed by atoms with Crippen LogP contribution in [0, 0.1) is 5.82 Å². The lowest BCUT2D eigenvalue weighted by atomic mass is 9.98. The van der Waals surface area contributed by atoms with Crippen molar-refractivity contribution in [3.05, 3.63) is 66.0 Å². The molecule has 4 nitrogen and oxygen atoms in total. The number of hydrogen-bond donors (Lipinski definition) is 2. The molecule has 0 radical (unpaired) electrons. The maximum Gasteiger partial charge on any atom is 0.171 e. The van der Waals surface area contributed by atoms with Crippen molar-refractivity contribution in [1.82, 2.24) is 10.2 Å². The van der Waals surface area contributed by atoms with Gasteiger partial charge in [0.2, 0.25) is 0 Å². The molecule has 0 unspecified atom stereocenters. The van der Waals surface area contributed by atoms with E-state index in [9.17, 15) is 4.39 Å². The molecule has 0 aromatic heterocycles. The molecule has 3 rings (SSSR count). The molecule has 138 valence electrons. The molecule has 2 aromatic rings. The standard InChI is InChI=1S/C20H24FN3OS/c1-15(22-20(26)23-18-9-7-17(21)8-10-18)19(16-5-3-2-4-6-16)24-11-13-25-14-12-24/h2-10,15,19H,11-14H2,1H3,(H2,22,23,26)/t15-,19-/m0/s1. The van der Waals surface area contributed by atoms with E-state index in [0.29, 0.717) is 5.11 Å². The predicted octanol–water partition coefficient (Wildman–Crippen LogP) is 3.57. The minimum absolute atomic E-state index is 0.0935. The van der Waals surface area contributed by atoms with Crippen molar-refractivity contribution in [2.75, 3.05) is 31.6 Å². The zero-order chi connectivity index (χ0) is 18.4. The Bertz CT molecular complexity index is 705. The number of halogens is 1. The number of hydrogen-bond acceptors (Lipinski definition) is 3. The van der Waals surface area contributed by atoms with Crippen molar-refractivity contribution in [3.8, 4) is 0 Å². The van der Waals surface area contributed by atoms with Gasteiger partial charge in [-0.1, -0.05) is 30.3 Å². The van der Waals surface area contributed by atoms with Crippen LogP contribution in [0.2, 0.25) is 0 Å². The summed E-state index contributed by atoms with van der Waals surface area (Å²) >= 11 is 5.46. The third-order valence-electron chi connectivity index (χ3n) is 4.51. The van der Waals surface area contributed by atoms with Gasteiger partial charge in [-0.25, -0.2) is 4.39 Å². The van der Waals surface area contributed by atoms with Gasteiger partial charge >= 0.3 is 0 Å². The minimum Gasteiger partial charge on any atom is -0.379 e. The molecule has 2 N–H and O–H groups in total. The van der Waals surface area contributed by atoms with Gasteiger partial charge in [-0.3, -0.25) is 4.90 Å². The molecule has 0 bridgehead atoms. The molecule has 0 spiro atoms. The average molecular weight is 373 g/mol. The van der Waals surface area contributed by atoms with Crippen LogP contribution in [0.3, 0.4) is 0 Å². The summed E-state index contributed by atoms with van der Waals surface area (Å²) in [5.74, 6) is -0.265. The fourth-order valence-electron chi connectivity index (χ4n) is 3.31. The topological polar surface area (TPSA) is 36.5 Å². The lowest BCUT2D eigenvalue weighted by Gasteiger charge is -2.38. The number of nitrogens with zero attached hydrogens (tertiary/aromatic N) is 1. The van der Waals surface area contributed by atoms with E-state index in [1.54, 1.807) is 12.1 Å². The first-order valence-electron chi connectivity index (χ1n) is 8.83. The molecule has 2 aromatic carbocycles. The Balaban J connectivity index is 1.69. The van der Waals surface area contributed by atoms with E-state index in [-0.39, 0.29) is 17.9 Å². The van der Waals surface area contributed by atoms with Crippen LogP contribution >= 0.6 is 12.2 Å². The molecular weight excluding hydrogens is 349 g/mol. The lowest BCUT2D eigenvalue weighted by molar-refractivity contribution is 0.0102. The Morgan fingerprint density at radius 2 is 1.73 bits per heavy atom. The molecule has 1 heterocycles. The highest BCUT2D eigenvalue weighted by atomic mass is 32.1. The van der Waals surface area contributed by atoms with Crippen molar-refractivity contribution in [1.29, 1.82) is 0 Å². The maximum atomic E-state index is 13.0. The zero-order valence-electron chi connectivity index (χ0n) is 14.8. The first kappa shape index (κ1) is 18.8. The molecule has 1 saturated heterocycles. The molecule has 26 heavy (non-hydrogen) atoms. The largest absolute Gasteiger partial charge is 0.379 e. The van der Waals surface area contributed by atoms with Crippen LogP contribution in [-0.4, -0.2) is 42.4 Å². The van der Waals surface area contributed by atoms with Crippen LogP contribution in [-0.2, 0) is 4.74 Å². The SMILES string of the molecule is C[C@H](NC(=S)Nc1ccc(F)cc1)[C@@H](c1ccccc1)N1CCOCC1. The second kappa shape index (κ2) is 9.07. The summed E-state index contributed by atoms with van der Waals surface area (Å²) in [6.45, 7) is 5.40. The van der Waals surface area contributed by atoms with Gasteiger partial charge in [0.15, 0.2) is 5.11 Å². The first-order chi connectivity index (χ1) is 12.6. The average Bonchev–Trinajstić information content (AvgIpc) is 2.65. The first-order valence-corrected chi connectivity index (χ1v) is 9.24. The number of ether oxygens (including phenoxy) is 1. The van der Waals surface area contributed by atoms with E-state index in [1.165, 1.54) is 17.7 Å². The molecule has 0 aliphatic carbocycles. The Morgan fingerprint density at radius 3 is 2.38 bits per heavy atom. The summed E-state index contributed by atoms with van der Waals surface area (Å²) in [6, 6.07) is 16.9. The lowest BCUT2D eigenvalue weighted by Crippen LogP contribution is -2.49. The number of thiocarbonyl (C=S) groups is 1. The number of anilines is 1. The summed E-state index contributed by atoms with van der Waals surface area (Å²) in [4.78, 5) is 2.43. The third kappa shape index (κ3) is 5.00. The van der Waals surface area contributed by atoms with Crippen LogP contribution in [0.4, 0.5) is 10.1 Å². The van der Waals surface area contributed by atoms with Crippen LogP contribution in [0.5, 0.6) is 0 Å². The second-order valence-electron chi connectivity index (χ2n) is 6.40. The fourth-order valence-corrected chi connectivity index (χ4v) is 3.61. The summed E-state index contributed by atoms with van der Waals surface area (Å²) < 4.78 is 18.5. The Morgan fingerprint density at radius 1 is 1.08 bits per heavy atom. The van der Waals surface area contributed by atoms with E-state index < -0.39 is 0 Å². The number of rotatable bonds is 5. The summed E-state index contributed by atoms with van der Waals surface area (Å²) in [7, 11) is 0.